The first-order valence-corrected chi connectivity index (χ1v) is 7.99. The van der Waals surface area contributed by atoms with E-state index in [4.69, 9.17) is 0 Å². The molecule has 0 bridgehead atoms. The number of carbonyl (C=O) groups is 1. The minimum atomic E-state index is 0. The molecule has 0 radical (unpaired) electrons. The molecule has 1 amide bonds. The Bertz CT molecular complexity index is 429. The molecular weight excluding hydrogens is 304 g/mol. The Morgan fingerprint density at radius 3 is 2.29 bits per heavy atom. The van der Waals surface area contributed by atoms with Gasteiger partial charge in [0, 0.05) is 17.5 Å². The van der Waals surface area contributed by atoms with Gasteiger partial charge in [0.15, 0.2) is 0 Å². The lowest BCUT2D eigenvalue weighted by Crippen LogP contribution is -2.37. The van der Waals surface area contributed by atoms with Crippen LogP contribution in [0.4, 0.5) is 0 Å². The van der Waals surface area contributed by atoms with Gasteiger partial charge < -0.3 is 10.6 Å². The lowest BCUT2D eigenvalue weighted by Gasteiger charge is -2.19. The quantitative estimate of drug-likeness (QED) is 0.787. The minimum Gasteiger partial charge on any atom is -0.354 e. The van der Waals surface area contributed by atoms with E-state index < -0.39 is 0 Å². The third kappa shape index (κ3) is 7.74. The van der Waals surface area contributed by atoms with Gasteiger partial charge >= 0.3 is 0 Å². The van der Waals surface area contributed by atoms with Crippen LogP contribution >= 0.6 is 24.2 Å². The number of hydrogen-bond acceptors (Lipinski definition) is 3. The highest BCUT2D eigenvalue weighted by Crippen LogP contribution is 2.25. The summed E-state index contributed by atoms with van der Waals surface area (Å²) in [7, 11) is 1.89. The van der Waals surface area contributed by atoms with Gasteiger partial charge in [-0.1, -0.05) is 32.9 Å². The van der Waals surface area contributed by atoms with E-state index in [1.807, 2.05) is 14.0 Å². The van der Waals surface area contributed by atoms with Crippen LogP contribution in [0.1, 0.15) is 33.3 Å². The van der Waals surface area contributed by atoms with E-state index in [9.17, 15) is 4.79 Å². The van der Waals surface area contributed by atoms with Crippen LogP contribution in [0, 0.1) is 0 Å². The number of likely N-dealkylation sites (N-methyl/N-ethyl adjacent to an activating group) is 1. The predicted molar refractivity (Wildman–Crippen MR) is 94.6 cm³/mol. The average molecular weight is 331 g/mol. The standard InChI is InChI=1S/C16H26N2OS.ClH/c1-12(17-5)10-18-15(19)11-20-14-8-6-13(7-9-14)16(2,3)4;/h6-9,12,17H,10-11H2,1-5H3,(H,18,19);1H. The molecule has 0 aliphatic carbocycles. The Morgan fingerprint density at radius 1 is 1.24 bits per heavy atom. The van der Waals surface area contributed by atoms with Crippen molar-refractivity contribution < 1.29 is 4.79 Å². The predicted octanol–water partition coefficient (Wildman–Crippen LogP) is 3.22. The van der Waals surface area contributed by atoms with Crippen LogP contribution < -0.4 is 10.6 Å². The molecule has 0 saturated heterocycles. The number of halogens is 1. The Morgan fingerprint density at radius 2 is 1.81 bits per heavy atom. The van der Waals surface area contributed by atoms with E-state index in [-0.39, 0.29) is 23.7 Å². The number of hydrogen-bond donors (Lipinski definition) is 2. The van der Waals surface area contributed by atoms with E-state index in [1.165, 1.54) is 5.56 Å². The Labute approximate surface area is 139 Å². The summed E-state index contributed by atoms with van der Waals surface area (Å²) >= 11 is 1.57. The summed E-state index contributed by atoms with van der Waals surface area (Å²) in [6, 6.07) is 8.77. The maximum absolute atomic E-state index is 11.7. The van der Waals surface area contributed by atoms with Crippen molar-refractivity contribution in [3.05, 3.63) is 29.8 Å². The summed E-state index contributed by atoms with van der Waals surface area (Å²) in [5.41, 5.74) is 1.48. The number of rotatable bonds is 6. The van der Waals surface area contributed by atoms with Crippen molar-refractivity contribution in [3.63, 3.8) is 0 Å². The van der Waals surface area contributed by atoms with Gasteiger partial charge in [-0.15, -0.1) is 24.2 Å². The molecule has 0 heterocycles. The van der Waals surface area contributed by atoms with Crippen molar-refractivity contribution in [3.8, 4) is 0 Å². The Hall–Kier alpha value is -0.710. The average Bonchev–Trinajstić information content (AvgIpc) is 2.41. The molecule has 0 spiro atoms. The van der Waals surface area contributed by atoms with Crippen LogP contribution in [0.3, 0.4) is 0 Å². The topological polar surface area (TPSA) is 41.1 Å². The maximum Gasteiger partial charge on any atom is 0.230 e. The molecule has 0 aliphatic rings. The summed E-state index contributed by atoms with van der Waals surface area (Å²) in [5, 5.41) is 6.01. The summed E-state index contributed by atoms with van der Waals surface area (Å²) in [5.74, 6) is 0.544. The van der Waals surface area contributed by atoms with Crippen molar-refractivity contribution in [2.45, 2.75) is 44.0 Å². The fourth-order valence-corrected chi connectivity index (χ4v) is 2.35. The van der Waals surface area contributed by atoms with Gasteiger partial charge in [-0.3, -0.25) is 4.79 Å². The van der Waals surface area contributed by atoms with E-state index in [1.54, 1.807) is 11.8 Å². The van der Waals surface area contributed by atoms with Crippen molar-refractivity contribution in [2.24, 2.45) is 0 Å². The molecule has 5 heteroatoms. The monoisotopic (exact) mass is 330 g/mol. The van der Waals surface area contributed by atoms with Gasteiger partial charge in [0.25, 0.3) is 0 Å². The number of amides is 1. The molecule has 0 fully saturated rings. The lowest BCUT2D eigenvalue weighted by molar-refractivity contribution is -0.118. The summed E-state index contributed by atoms with van der Waals surface area (Å²) in [6.45, 7) is 9.31. The number of carbonyl (C=O) groups excluding carboxylic acids is 1. The van der Waals surface area contributed by atoms with E-state index in [0.29, 0.717) is 18.3 Å². The van der Waals surface area contributed by atoms with E-state index >= 15 is 0 Å². The number of nitrogens with one attached hydrogen (secondary N) is 2. The fraction of sp³-hybridized carbons (Fsp3) is 0.562. The van der Waals surface area contributed by atoms with Crippen LogP contribution in [0.15, 0.2) is 29.2 Å². The molecule has 120 valence electrons. The Kier molecular flexibility index (Phi) is 9.02. The number of thioether (sulfide) groups is 1. The molecule has 0 aliphatic heterocycles. The molecule has 0 aromatic heterocycles. The molecule has 1 aromatic carbocycles. The maximum atomic E-state index is 11.7. The smallest absolute Gasteiger partial charge is 0.230 e. The summed E-state index contributed by atoms with van der Waals surface area (Å²) < 4.78 is 0. The summed E-state index contributed by atoms with van der Waals surface area (Å²) in [4.78, 5) is 12.8. The third-order valence-electron chi connectivity index (χ3n) is 3.19. The van der Waals surface area contributed by atoms with Crippen molar-refractivity contribution in [1.82, 2.24) is 10.6 Å². The van der Waals surface area contributed by atoms with Gasteiger partial charge in [0.2, 0.25) is 5.91 Å². The molecule has 1 rings (SSSR count). The van der Waals surface area contributed by atoms with Gasteiger partial charge in [-0.05, 0) is 37.1 Å². The zero-order chi connectivity index (χ0) is 15.2. The fourth-order valence-electron chi connectivity index (χ4n) is 1.62. The van der Waals surface area contributed by atoms with Crippen LogP contribution in [0.5, 0.6) is 0 Å². The first kappa shape index (κ1) is 20.3. The van der Waals surface area contributed by atoms with Gasteiger partial charge in [-0.2, -0.15) is 0 Å². The van der Waals surface area contributed by atoms with Gasteiger partial charge in [0.05, 0.1) is 5.75 Å². The molecular formula is C16H27ClN2OS. The Balaban J connectivity index is 0.00000400. The minimum absolute atomic E-state index is 0. The van der Waals surface area contributed by atoms with Crippen LogP contribution in [-0.2, 0) is 10.2 Å². The zero-order valence-electron chi connectivity index (χ0n) is 13.5. The second kappa shape index (κ2) is 9.34. The highest BCUT2D eigenvalue weighted by atomic mass is 35.5. The van der Waals surface area contributed by atoms with E-state index in [2.05, 4.69) is 55.7 Å². The van der Waals surface area contributed by atoms with Gasteiger partial charge in [0.1, 0.15) is 0 Å². The molecule has 3 nitrogen and oxygen atoms in total. The van der Waals surface area contributed by atoms with Gasteiger partial charge in [-0.25, -0.2) is 0 Å². The zero-order valence-corrected chi connectivity index (χ0v) is 15.2. The number of benzene rings is 1. The first-order chi connectivity index (χ1) is 9.32. The molecule has 2 N–H and O–H groups in total. The van der Waals surface area contributed by atoms with Crippen LogP contribution in [0.2, 0.25) is 0 Å². The molecule has 21 heavy (non-hydrogen) atoms. The molecule has 1 unspecified atom stereocenters. The second-order valence-electron chi connectivity index (χ2n) is 6.06. The summed E-state index contributed by atoms with van der Waals surface area (Å²) in [6.07, 6.45) is 0. The third-order valence-corrected chi connectivity index (χ3v) is 4.20. The van der Waals surface area contributed by atoms with Crippen LogP contribution in [0.25, 0.3) is 0 Å². The largest absolute Gasteiger partial charge is 0.354 e. The van der Waals surface area contributed by atoms with Crippen molar-refractivity contribution >= 4 is 30.1 Å². The highest BCUT2D eigenvalue weighted by Gasteiger charge is 2.13. The van der Waals surface area contributed by atoms with E-state index in [0.717, 1.165) is 4.90 Å². The molecule has 0 saturated carbocycles. The second-order valence-corrected chi connectivity index (χ2v) is 7.11. The normalized spacial score (nSPS) is 12.4. The van der Waals surface area contributed by atoms with Crippen molar-refractivity contribution in [2.75, 3.05) is 19.3 Å². The lowest BCUT2D eigenvalue weighted by atomic mass is 9.87. The highest BCUT2D eigenvalue weighted by molar-refractivity contribution is 8.00. The van der Waals surface area contributed by atoms with Crippen molar-refractivity contribution in [1.29, 1.82) is 0 Å². The molecule has 1 atom stereocenters. The first-order valence-electron chi connectivity index (χ1n) is 7.00. The SMILES string of the molecule is CNC(C)CNC(=O)CSc1ccc(C(C)(C)C)cc1.Cl. The van der Waals surface area contributed by atoms with Crippen LogP contribution in [-0.4, -0.2) is 31.3 Å². The molecule has 1 aromatic rings.